The van der Waals surface area contributed by atoms with E-state index in [4.69, 9.17) is 4.74 Å². The topological polar surface area (TPSA) is 21.3 Å². The van der Waals surface area contributed by atoms with Crippen LogP contribution in [-0.2, 0) is 4.74 Å². The molecule has 1 rings (SSSR count). The highest BCUT2D eigenvalue weighted by molar-refractivity contribution is 5.85. The summed E-state index contributed by atoms with van der Waals surface area (Å²) in [4.78, 5) is 0. The van der Waals surface area contributed by atoms with Gasteiger partial charge in [0.15, 0.2) is 0 Å². The predicted molar refractivity (Wildman–Crippen MR) is 44.7 cm³/mol. The van der Waals surface area contributed by atoms with E-state index in [1.54, 1.807) is 0 Å². The average Bonchev–Trinajstić information content (AvgIpc) is 1.91. The van der Waals surface area contributed by atoms with E-state index in [1.165, 1.54) is 12.8 Å². The zero-order valence-electron chi connectivity index (χ0n) is 6.43. The molecule has 2 nitrogen and oxygen atoms in total. The third-order valence-electron chi connectivity index (χ3n) is 1.75. The number of nitrogens with one attached hydrogen (secondary N) is 1. The Morgan fingerprint density at radius 1 is 1.60 bits per heavy atom. The van der Waals surface area contributed by atoms with E-state index in [2.05, 4.69) is 5.32 Å². The lowest BCUT2D eigenvalue weighted by Gasteiger charge is -2.21. The summed E-state index contributed by atoms with van der Waals surface area (Å²) in [7, 11) is 1.99. The molecule has 1 aliphatic rings. The maximum atomic E-state index is 5.29. The van der Waals surface area contributed by atoms with E-state index in [1.807, 2.05) is 7.05 Å². The Kier molecular flexibility index (Phi) is 6.08. The van der Waals surface area contributed by atoms with E-state index in [9.17, 15) is 0 Å². The first-order valence-electron chi connectivity index (χ1n) is 3.66. The Hall–Kier alpha value is 0.210. The lowest BCUT2D eigenvalue weighted by Crippen LogP contribution is -2.26. The van der Waals surface area contributed by atoms with Gasteiger partial charge in [-0.1, -0.05) is 0 Å². The summed E-state index contributed by atoms with van der Waals surface area (Å²) in [5.41, 5.74) is 0. The molecule has 0 bridgehead atoms. The lowest BCUT2D eigenvalue weighted by molar-refractivity contribution is 0.0556. The van der Waals surface area contributed by atoms with Gasteiger partial charge < -0.3 is 10.1 Å². The van der Waals surface area contributed by atoms with Crippen molar-refractivity contribution in [1.82, 2.24) is 5.32 Å². The molecule has 0 radical (unpaired) electrons. The van der Waals surface area contributed by atoms with Gasteiger partial charge >= 0.3 is 0 Å². The molecule has 1 aliphatic heterocycles. The Morgan fingerprint density at radius 3 is 2.90 bits per heavy atom. The fourth-order valence-electron chi connectivity index (χ4n) is 1.26. The second-order valence-electron chi connectivity index (χ2n) is 2.64. The van der Waals surface area contributed by atoms with Gasteiger partial charge in [-0.15, -0.1) is 12.4 Å². The van der Waals surface area contributed by atoms with Crippen LogP contribution in [0.5, 0.6) is 0 Å². The maximum Gasteiger partial charge on any atom is 0.0506 e. The molecule has 62 valence electrons. The summed E-state index contributed by atoms with van der Waals surface area (Å²) in [6, 6.07) is 0. The Bertz CT molecular complexity index is 71.3. The Balaban J connectivity index is 0.000000810. The highest BCUT2D eigenvalue weighted by Gasteiger charge is 2.11. The van der Waals surface area contributed by atoms with Gasteiger partial charge in [-0.25, -0.2) is 0 Å². The molecule has 0 aromatic carbocycles. The molecule has 1 saturated heterocycles. The molecule has 0 spiro atoms. The van der Waals surface area contributed by atoms with Gasteiger partial charge in [-0.2, -0.15) is 0 Å². The second kappa shape index (κ2) is 5.96. The lowest BCUT2D eigenvalue weighted by atomic mass is 10.0. The van der Waals surface area contributed by atoms with Crippen LogP contribution >= 0.6 is 12.4 Å². The van der Waals surface area contributed by atoms with Crippen LogP contribution in [0.25, 0.3) is 0 Å². The number of hydrogen-bond donors (Lipinski definition) is 1. The van der Waals surface area contributed by atoms with Crippen molar-refractivity contribution in [3.63, 3.8) is 0 Å². The molecule has 0 aromatic rings. The fraction of sp³-hybridized carbons (Fsp3) is 1.00. The van der Waals surface area contributed by atoms with Crippen molar-refractivity contribution in [2.24, 2.45) is 5.92 Å². The minimum Gasteiger partial charge on any atom is -0.381 e. The van der Waals surface area contributed by atoms with Gasteiger partial charge in [0.25, 0.3) is 0 Å². The first-order chi connectivity index (χ1) is 4.43. The molecule has 0 amide bonds. The summed E-state index contributed by atoms with van der Waals surface area (Å²) < 4.78 is 5.29. The van der Waals surface area contributed by atoms with Gasteiger partial charge in [0, 0.05) is 6.61 Å². The van der Waals surface area contributed by atoms with Crippen molar-refractivity contribution in [3.8, 4) is 0 Å². The summed E-state index contributed by atoms with van der Waals surface area (Å²) in [6.07, 6.45) is 2.58. The van der Waals surface area contributed by atoms with Crippen LogP contribution in [0.4, 0.5) is 0 Å². The predicted octanol–water partition coefficient (Wildman–Crippen LogP) is 1.05. The van der Waals surface area contributed by atoms with Crippen LogP contribution in [0.15, 0.2) is 0 Å². The van der Waals surface area contributed by atoms with Crippen molar-refractivity contribution < 1.29 is 4.74 Å². The number of ether oxygens (including phenoxy) is 1. The summed E-state index contributed by atoms with van der Waals surface area (Å²) in [5.74, 6) is 0.767. The molecule has 0 aliphatic carbocycles. The largest absolute Gasteiger partial charge is 0.381 e. The molecular weight excluding hydrogens is 150 g/mol. The van der Waals surface area contributed by atoms with Gasteiger partial charge in [-0.05, 0) is 32.4 Å². The van der Waals surface area contributed by atoms with Gasteiger partial charge in [-0.3, -0.25) is 0 Å². The third kappa shape index (κ3) is 3.40. The molecule has 1 heterocycles. The minimum atomic E-state index is 0. The standard InChI is InChI=1S/C7H15NO.ClH/c1-8-5-7-3-2-4-9-6-7;/h7-8H,2-6H2,1H3;1H. The molecular formula is C7H16ClNO. The normalized spacial score (nSPS) is 25.5. The average molecular weight is 166 g/mol. The smallest absolute Gasteiger partial charge is 0.0506 e. The molecule has 1 atom stereocenters. The fourth-order valence-corrected chi connectivity index (χ4v) is 1.26. The van der Waals surface area contributed by atoms with E-state index < -0.39 is 0 Å². The SMILES string of the molecule is CNCC1CCCOC1.Cl. The number of rotatable bonds is 2. The van der Waals surface area contributed by atoms with Crippen LogP contribution < -0.4 is 5.32 Å². The molecule has 1 N–H and O–H groups in total. The number of hydrogen-bond acceptors (Lipinski definition) is 2. The maximum absolute atomic E-state index is 5.29. The highest BCUT2D eigenvalue weighted by Crippen LogP contribution is 2.11. The summed E-state index contributed by atoms with van der Waals surface area (Å²) in [6.45, 7) is 3.04. The summed E-state index contributed by atoms with van der Waals surface area (Å²) >= 11 is 0. The van der Waals surface area contributed by atoms with Gasteiger partial charge in [0.2, 0.25) is 0 Å². The minimum absolute atomic E-state index is 0. The van der Waals surface area contributed by atoms with Crippen LogP contribution in [0.2, 0.25) is 0 Å². The van der Waals surface area contributed by atoms with Crippen LogP contribution in [0, 0.1) is 5.92 Å². The van der Waals surface area contributed by atoms with Crippen molar-refractivity contribution >= 4 is 12.4 Å². The first kappa shape index (κ1) is 10.2. The van der Waals surface area contributed by atoms with Crippen molar-refractivity contribution in [1.29, 1.82) is 0 Å². The van der Waals surface area contributed by atoms with Crippen molar-refractivity contribution in [2.75, 3.05) is 26.8 Å². The van der Waals surface area contributed by atoms with Gasteiger partial charge in [0.1, 0.15) is 0 Å². The molecule has 1 fully saturated rings. The van der Waals surface area contributed by atoms with E-state index in [-0.39, 0.29) is 12.4 Å². The van der Waals surface area contributed by atoms with E-state index in [0.717, 1.165) is 25.7 Å². The zero-order valence-corrected chi connectivity index (χ0v) is 7.25. The molecule has 1 unspecified atom stereocenters. The first-order valence-corrected chi connectivity index (χ1v) is 3.66. The Labute approximate surface area is 68.7 Å². The molecule has 0 saturated carbocycles. The number of halogens is 1. The third-order valence-corrected chi connectivity index (χ3v) is 1.75. The second-order valence-corrected chi connectivity index (χ2v) is 2.64. The Morgan fingerprint density at radius 2 is 2.40 bits per heavy atom. The zero-order chi connectivity index (χ0) is 6.53. The van der Waals surface area contributed by atoms with Crippen molar-refractivity contribution in [2.45, 2.75) is 12.8 Å². The molecule has 3 heteroatoms. The highest BCUT2D eigenvalue weighted by atomic mass is 35.5. The van der Waals surface area contributed by atoms with Gasteiger partial charge in [0.05, 0.1) is 6.61 Å². The van der Waals surface area contributed by atoms with Crippen LogP contribution in [-0.4, -0.2) is 26.8 Å². The summed E-state index contributed by atoms with van der Waals surface area (Å²) in [5, 5.41) is 3.16. The molecule has 0 aromatic heterocycles. The quantitative estimate of drug-likeness (QED) is 0.661. The van der Waals surface area contributed by atoms with E-state index in [0.29, 0.717) is 0 Å². The molecule has 10 heavy (non-hydrogen) atoms. The van der Waals surface area contributed by atoms with Crippen LogP contribution in [0.3, 0.4) is 0 Å². The monoisotopic (exact) mass is 165 g/mol. The van der Waals surface area contributed by atoms with Crippen LogP contribution in [0.1, 0.15) is 12.8 Å². The van der Waals surface area contributed by atoms with Crippen molar-refractivity contribution in [3.05, 3.63) is 0 Å². The van der Waals surface area contributed by atoms with E-state index >= 15 is 0 Å².